The third kappa shape index (κ3) is 70.5. The highest BCUT2D eigenvalue weighted by Gasteiger charge is 2.30. The monoisotopic (exact) mass is 1410 g/mol. The van der Waals surface area contributed by atoms with E-state index < -0.39 is 97.5 Å². The first-order chi connectivity index (χ1) is 46.4. The Bertz CT molecular complexity index is 1860. The van der Waals surface area contributed by atoms with Crippen LogP contribution in [-0.2, 0) is 65.4 Å². The quantitative estimate of drug-likeness (QED) is 0.0222. The van der Waals surface area contributed by atoms with Crippen LogP contribution in [0.5, 0.6) is 0 Å². The minimum Gasteiger partial charge on any atom is -0.462 e. The van der Waals surface area contributed by atoms with Gasteiger partial charge in [0.05, 0.1) is 26.4 Å². The van der Waals surface area contributed by atoms with Gasteiger partial charge in [-0.3, -0.25) is 37.3 Å². The SMILES string of the molecule is CCCCCCCCCCCCCCCCCCCCC(=O)OC[C@H](COP(=O)(O)OC[C@@H](O)COP(=O)(O)OC[C@@H](COC(=O)CCCCCCC)OC(=O)CCCCCCCCCCCC(C)C)OC(=O)CCCCCCCCCCCCCCCCCCCCC(C)C. The van der Waals surface area contributed by atoms with Gasteiger partial charge in [-0.05, 0) is 37.5 Å². The molecule has 0 aliphatic rings. The van der Waals surface area contributed by atoms with Crippen molar-refractivity contribution in [3.63, 3.8) is 0 Å². The van der Waals surface area contributed by atoms with Crippen molar-refractivity contribution in [1.29, 1.82) is 0 Å². The predicted molar refractivity (Wildman–Crippen MR) is 391 cm³/mol. The van der Waals surface area contributed by atoms with Crippen LogP contribution in [0.4, 0.5) is 0 Å². The number of ether oxygens (including phenoxy) is 4. The number of carbonyl (C=O) groups is 4. The summed E-state index contributed by atoms with van der Waals surface area (Å²) in [5, 5.41) is 10.6. The molecule has 0 aliphatic heterocycles. The van der Waals surface area contributed by atoms with Gasteiger partial charge in [-0.1, -0.05) is 350 Å². The molecule has 19 heteroatoms. The van der Waals surface area contributed by atoms with Gasteiger partial charge in [0, 0.05) is 25.7 Å². The zero-order valence-electron chi connectivity index (χ0n) is 62.7. The molecule has 0 heterocycles. The van der Waals surface area contributed by atoms with Gasteiger partial charge in [-0.15, -0.1) is 0 Å². The number of esters is 4. The number of phosphoric acid groups is 2. The molecule has 0 spiro atoms. The average molecular weight is 1410 g/mol. The first-order valence-electron chi connectivity index (χ1n) is 40.0. The van der Waals surface area contributed by atoms with E-state index in [-0.39, 0.29) is 25.7 Å². The zero-order valence-corrected chi connectivity index (χ0v) is 64.5. The van der Waals surface area contributed by atoms with Gasteiger partial charge in [-0.2, -0.15) is 0 Å². The molecule has 0 bridgehead atoms. The van der Waals surface area contributed by atoms with Crippen LogP contribution in [0.25, 0.3) is 0 Å². The number of hydrogen-bond acceptors (Lipinski definition) is 15. The number of aliphatic hydroxyl groups is 1. The van der Waals surface area contributed by atoms with Crippen molar-refractivity contribution < 1.29 is 80.2 Å². The van der Waals surface area contributed by atoms with Crippen LogP contribution in [0.3, 0.4) is 0 Å². The summed E-state index contributed by atoms with van der Waals surface area (Å²) in [5.74, 6) is -0.570. The topological polar surface area (TPSA) is 237 Å². The van der Waals surface area contributed by atoms with Crippen molar-refractivity contribution in [2.45, 2.75) is 419 Å². The van der Waals surface area contributed by atoms with E-state index in [4.69, 9.17) is 37.0 Å². The molecule has 0 amide bonds. The lowest BCUT2D eigenvalue weighted by Gasteiger charge is -2.21. The Labute approximate surface area is 588 Å². The molecule has 3 N–H and O–H groups in total. The molecule has 0 aromatic rings. The second-order valence-corrected chi connectivity index (χ2v) is 31.6. The molecule has 0 fully saturated rings. The van der Waals surface area contributed by atoms with Crippen LogP contribution in [0.15, 0.2) is 0 Å². The zero-order chi connectivity index (χ0) is 70.7. The second-order valence-electron chi connectivity index (χ2n) is 28.7. The molecule has 0 rings (SSSR count). The minimum absolute atomic E-state index is 0.105. The van der Waals surface area contributed by atoms with Crippen LogP contribution in [0.2, 0.25) is 0 Å². The average Bonchev–Trinajstić information content (AvgIpc) is 1.60. The third-order valence-corrected chi connectivity index (χ3v) is 19.9. The number of phosphoric ester groups is 2. The fraction of sp³-hybridized carbons (Fsp3) is 0.948. The van der Waals surface area contributed by atoms with Crippen LogP contribution in [0, 0.1) is 11.8 Å². The summed E-state index contributed by atoms with van der Waals surface area (Å²) in [6, 6.07) is 0. The van der Waals surface area contributed by atoms with Crippen LogP contribution in [0.1, 0.15) is 401 Å². The lowest BCUT2D eigenvalue weighted by atomic mass is 10.0. The van der Waals surface area contributed by atoms with Gasteiger partial charge in [0.25, 0.3) is 0 Å². The fourth-order valence-electron chi connectivity index (χ4n) is 11.8. The maximum Gasteiger partial charge on any atom is 0.472 e. The molecule has 0 saturated carbocycles. The largest absolute Gasteiger partial charge is 0.472 e. The molecule has 17 nitrogen and oxygen atoms in total. The number of aliphatic hydroxyl groups excluding tert-OH is 1. The number of unbranched alkanes of at least 4 members (excludes halogenated alkanes) is 46. The Balaban J connectivity index is 5.12. The number of rotatable bonds is 76. The van der Waals surface area contributed by atoms with E-state index in [2.05, 4.69) is 41.5 Å². The van der Waals surface area contributed by atoms with Gasteiger partial charge < -0.3 is 33.8 Å². The maximum atomic E-state index is 13.1. The summed E-state index contributed by atoms with van der Waals surface area (Å²) in [6.45, 7) is 9.52. The molecule has 0 aromatic carbocycles. The van der Waals surface area contributed by atoms with Crippen LogP contribution >= 0.6 is 15.6 Å². The fourth-order valence-corrected chi connectivity index (χ4v) is 13.4. The summed E-state index contributed by atoms with van der Waals surface area (Å²) >= 11 is 0. The summed E-state index contributed by atoms with van der Waals surface area (Å²) < 4.78 is 68.3. The van der Waals surface area contributed by atoms with E-state index in [0.717, 1.165) is 108 Å². The first-order valence-corrected chi connectivity index (χ1v) is 43.0. The van der Waals surface area contributed by atoms with E-state index in [1.54, 1.807) is 0 Å². The summed E-state index contributed by atoms with van der Waals surface area (Å²) in [5.41, 5.74) is 0. The molecule has 5 atom stereocenters. The Morgan fingerprint density at radius 3 is 0.708 bits per heavy atom. The molecular formula is C77H150O17P2. The highest BCUT2D eigenvalue weighted by Crippen LogP contribution is 2.45. The Hall–Kier alpha value is -1.94. The van der Waals surface area contributed by atoms with Crippen molar-refractivity contribution in [3.8, 4) is 0 Å². The van der Waals surface area contributed by atoms with Gasteiger partial charge in [-0.25, -0.2) is 9.13 Å². The number of hydrogen-bond donors (Lipinski definition) is 3. The molecular weight excluding hydrogens is 1260 g/mol. The van der Waals surface area contributed by atoms with E-state index in [0.29, 0.717) is 25.7 Å². The summed E-state index contributed by atoms with van der Waals surface area (Å²) in [7, 11) is -9.90. The van der Waals surface area contributed by atoms with Crippen molar-refractivity contribution in [2.24, 2.45) is 11.8 Å². The predicted octanol–water partition coefficient (Wildman–Crippen LogP) is 22.7. The van der Waals surface area contributed by atoms with Crippen molar-refractivity contribution in [1.82, 2.24) is 0 Å². The van der Waals surface area contributed by atoms with E-state index in [1.807, 2.05) is 0 Å². The molecule has 2 unspecified atom stereocenters. The highest BCUT2D eigenvalue weighted by molar-refractivity contribution is 7.47. The smallest absolute Gasteiger partial charge is 0.462 e. The second kappa shape index (κ2) is 68.8. The normalized spacial score (nSPS) is 14.0. The lowest BCUT2D eigenvalue weighted by Crippen LogP contribution is -2.30. The van der Waals surface area contributed by atoms with E-state index in [1.165, 1.54) is 212 Å². The Morgan fingerprint density at radius 2 is 0.479 bits per heavy atom. The molecule has 0 aliphatic carbocycles. The van der Waals surface area contributed by atoms with E-state index >= 15 is 0 Å². The highest BCUT2D eigenvalue weighted by atomic mass is 31.2. The Morgan fingerprint density at radius 1 is 0.281 bits per heavy atom. The van der Waals surface area contributed by atoms with Crippen LogP contribution < -0.4 is 0 Å². The summed E-state index contributed by atoms with van der Waals surface area (Å²) in [4.78, 5) is 72.5. The van der Waals surface area contributed by atoms with E-state index in [9.17, 15) is 43.2 Å². The minimum atomic E-state index is -4.96. The number of carbonyl (C=O) groups excluding carboxylic acids is 4. The molecule has 0 aromatic heterocycles. The molecule has 0 radical (unpaired) electrons. The van der Waals surface area contributed by atoms with Crippen LogP contribution in [-0.4, -0.2) is 96.7 Å². The lowest BCUT2D eigenvalue weighted by molar-refractivity contribution is -0.161. The van der Waals surface area contributed by atoms with Crippen molar-refractivity contribution >= 4 is 39.5 Å². The molecule has 96 heavy (non-hydrogen) atoms. The summed E-state index contributed by atoms with van der Waals surface area (Å²) in [6.07, 6.45) is 57.5. The molecule has 570 valence electrons. The standard InChI is InChI=1S/C77H150O17P2/c1-7-9-11-13-14-15-16-17-18-19-23-26-29-32-37-42-48-54-60-75(80)88-66-73(94-76(81)61-55-49-43-38-33-30-27-24-21-20-22-25-28-31-35-40-46-51-57-69(3)4)68-92-96(85,86)90-64-71(78)63-89-95(83,84)91-67-72(65-87-74(79)59-53-45-12-10-8-2)93-77(82)62-56-50-44-39-34-36-41-47-52-58-70(5)6/h69-73,78H,7-68H2,1-6H3,(H,83,84)(H,85,86)/t71-,72+,73+/m0/s1. The first kappa shape index (κ1) is 94.1. The van der Waals surface area contributed by atoms with Gasteiger partial charge in [0.1, 0.15) is 19.3 Å². The van der Waals surface area contributed by atoms with Gasteiger partial charge in [0.15, 0.2) is 12.2 Å². The van der Waals surface area contributed by atoms with Gasteiger partial charge >= 0.3 is 39.5 Å². The Kier molecular flexibility index (Phi) is 67.4. The maximum absolute atomic E-state index is 13.1. The van der Waals surface area contributed by atoms with Crippen molar-refractivity contribution in [3.05, 3.63) is 0 Å². The molecule has 0 saturated heterocycles. The third-order valence-electron chi connectivity index (χ3n) is 18.0. The van der Waals surface area contributed by atoms with Crippen molar-refractivity contribution in [2.75, 3.05) is 39.6 Å². The van der Waals surface area contributed by atoms with Gasteiger partial charge in [0.2, 0.25) is 0 Å².